The van der Waals surface area contributed by atoms with E-state index in [1.165, 1.54) is 6.20 Å². The van der Waals surface area contributed by atoms with Crippen LogP contribution in [0.2, 0.25) is 0 Å². The lowest BCUT2D eigenvalue weighted by atomic mass is 9.81. The van der Waals surface area contributed by atoms with Gasteiger partial charge in [-0.3, -0.25) is 0 Å². The van der Waals surface area contributed by atoms with Gasteiger partial charge in [-0.2, -0.15) is 0 Å². The largest absolute Gasteiger partial charge is 0.507 e. The van der Waals surface area contributed by atoms with Gasteiger partial charge in [-0.1, -0.05) is 6.07 Å². The predicted molar refractivity (Wildman–Crippen MR) is 115 cm³/mol. The number of ether oxygens (including phenoxy) is 1. The first kappa shape index (κ1) is 20.8. The van der Waals surface area contributed by atoms with Crippen molar-refractivity contribution in [1.82, 2.24) is 15.5 Å². The number of benzene rings is 1. The molecule has 2 aromatic rings. The molecule has 29 heavy (non-hydrogen) atoms. The number of hydrogen-bond acceptors (Lipinski definition) is 7. The Morgan fingerprint density at radius 1 is 1.17 bits per heavy atom. The number of nitrogens with one attached hydrogen (secondary N) is 2. The number of allylic oxidation sites excluding steroid dienone is 1. The van der Waals surface area contributed by atoms with E-state index in [1.54, 1.807) is 30.3 Å². The van der Waals surface area contributed by atoms with Gasteiger partial charge in [-0.25, -0.2) is 0 Å². The summed E-state index contributed by atoms with van der Waals surface area (Å²) in [7, 11) is 0. The lowest BCUT2D eigenvalue weighted by Gasteiger charge is -2.46. The van der Waals surface area contributed by atoms with Crippen LogP contribution in [0, 0.1) is 5.41 Å². The van der Waals surface area contributed by atoms with Crippen molar-refractivity contribution in [3.05, 3.63) is 42.1 Å². The molecule has 0 atom stereocenters. The maximum Gasteiger partial charge on any atom is 0.233 e. The predicted octanol–water partition coefficient (Wildman–Crippen LogP) is 3.49. The summed E-state index contributed by atoms with van der Waals surface area (Å²) in [5.41, 5.74) is 7.76. The number of nitrogens with zero attached hydrogens (tertiary/aromatic N) is 2. The molecule has 1 fully saturated rings. The SMILES string of the molecule is CC1(C)CC(Oc2ccc(-c3ccc(C(C=N)=CN)cc3O)nn2)CC(C)(C)N1. The van der Waals surface area contributed by atoms with Gasteiger partial charge in [-0.15, -0.1) is 10.2 Å². The first-order valence-electron chi connectivity index (χ1n) is 9.68. The highest BCUT2D eigenvalue weighted by Gasteiger charge is 2.38. The summed E-state index contributed by atoms with van der Waals surface area (Å²) < 4.78 is 6.10. The highest BCUT2D eigenvalue weighted by molar-refractivity contribution is 6.08. The van der Waals surface area contributed by atoms with Crippen molar-refractivity contribution < 1.29 is 9.84 Å². The smallest absolute Gasteiger partial charge is 0.233 e. The normalized spacial score (nSPS) is 19.0. The summed E-state index contributed by atoms with van der Waals surface area (Å²) in [4.78, 5) is 0. The van der Waals surface area contributed by atoms with Gasteiger partial charge in [-0.05, 0) is 51.5 Å². The van der Waals surface area contributed by atoms with Crippen molar-refractivity contribution >= 4 is 11.8 Å². The first-order valence-corrected chi connectivity index (χ1v) is 9.68. The van der Waals surface area contributed by atoms with E-state index in [2.05, 4.69) is 43.2 Å². The van der Waals surface area contributed by atoms with Crippen LogP contribution in [-0.4, -0.2) is 38.7 Å². The minimum Gasteiger partial charge on any atom is -0.507 e. The quantitative estimate of drug-likeness (QED) is 0.576. The lowest BCUT2D eigenvalue weighted by Crippen LogP contribution is -2.60. The van der Waals surface area contributed by atoms with Gasteiger partial charge in [0.15, 0.2) is 0 Å². The summed E-state index contributed by atoms with van der Waals surface area (Å²) in [6.07, 6.45) is 4.29. The van der Waals surface area contributed by atoms with Gasteiger partial charge >= 0.3 is 0 Å². The third kappa shape index (κ3) is 4.92. The van der Waals surface area contributed by atoms with Crippen LogP contribution in [0.4, 0.5) is 0 Å². The van der Waals surface area contributed by atoms with E-state index in [0.717, 1.165) is 19.1 Å². The Bertz CT molecular complexity index is 903. The number of phenolic OH excluding ortho intramolecular Hbond substituents is 1. The fourth-order valence-corrected chi connectivity index (χ4v) is 4.16. The summed E-state index contributed by atoms with van der Waals surface area (Å²) in [6.45, 7) is 8.70. The molecule has 0 saturated carbocycles. The molecular formula is C22H29N5O2. The van der Waals surface area contributed by atoms with Crippen LogP contribution < -0.4 is 15.8 Å². The number of aromatic nitrogens is 2. The van der Waals surface area contributed by atoms with E-state index >= 15 is 0 Å². The number of phenols is 1. The third-order valence-corrected chi connectivity index (χ3v) is 5.02. The van der Waals surface area contributed by atoms with Crippen molar-refractivity contribution in [2.24, 2.45) is 5.73 Å². The molecule has 3 rings (SSSR count). The van der Waals surface area contributed by atoms with Gasteiger partial charge < -0.3 is 26.3 Å². The second-order valence-corrected chi connectivity index (χ2v) is 8.80. The van der Waals surface area contributed by atoms with Crippen molar-refractivity contribution in [1.29, 1.82) is 5.41 Å². The zero-order valence-corrected chi connectivity index (χ0v) is 17.4. The molecule has 7 nitrogen and oxygen atoms in total. The van der Waals surface area contributed by atoms with Crippen LogP contribution >= 0.6 is 0 Å². The highest BCUT2D eigenvalue weighted by atomic mass is 16.5. The minimum atomic E-state index is -0.0133. The lowest BCUT2D eigenvalue weighted by molar-refractivity contribution is 0.0524. The van der Waals surface area contributed by atoms with Crippen LogP contribution in [0.5, 0.6) is 11.6 Å². The molecule has 7 heteroatoms. The van der Waals surface area contributed by atoms with Crippen molar-refractivity contribution in [3.8, 4) is 22.9 Å². The number of rotatable bonds is 5. The standard InChI is InChI=1S/C22H29N5O2/c1-21(2)10-16(11-22(3,4)27-21)29-20-8-7-18(25-26-20)17-6-5-14(9-19(17)28)15(12-23)13-24/h5-9,12-13,16,23,27-28H,10-11,24H2,1-4H3. The average molecular weight is 396 g/mol. The second kappa shape index (κ2) is 7.83. The van der Waals surface area contributed by atoms with Crippen LogP contribution in [-0.2, 0) is 0 Å². The molecule has 0 radical (unpaired) electrons. The Morgan fingerprint density at radius 3 is 2.38 bits per heavy atom. The summed E-state index contributed by atoms with van der Waals surface area (Å²) in [5, 5.41) is 29.8. The number of nitrogens with two attached hydrogens (primary N) is 1. The second-order valence-electron chi connectivity index (χ2n) is 8.80. The zero-order chi connectivity index (χ0) is 21.2. The Kier molecular flexibility index (Phi) is 5.61. The zero-order valence-electron chi connectivity index (χ0n) is 17.4. The molecule has 0 aliphatic carbocycles. The molecule has 0 spiro atoms. The van der Waals surface area contributed by atoms with E-state index < -0.39 is 0 Å². The summed E-state index contributed by atoms with van der Waals surface area (Å²) >= 11 is 0. The summed E-state index contributed by atoms with van der Waals surface area (Å²) in [5.74, 6) is 0.522. The van der Waals surface area contributed by atoms with Gasteiger partial charge in [0.25, 0.3) is 0 Å². The van der Waals surface area contributed by atoms with E-state index in [0.29, 0.717) is 28.3 Å². The molecule has 0 unspecified atom stereocenters. The van der Waals surface area contributed by atoms with E-state index in [1.807, 2.05) is 0 Å². The van der Waals surface area contributed by atoms with Crippen LogP contribution in [0.3, 0.4) is 0 Å². The first-order chi connectivity index (χ1) is 13.6. The third-order valence-electron chi connectivity index (χ3n) is 5.02. The minimum absolute atomic E-state index is 0.0133. The van der Waals surface area contributed by atoms with Crippen LogP contribution in [0.15, 0.2) is 36.5 Å². The van der Waals surface area contributed by atoms with Gasteiger partial charge in [0, 0.05) is 53.5 Å². The molecule has 2 heterocycles. The van der Waals surface area contributed by atoms with Crippen molar-refractivity contribution in [2.75, 3.05) is 0 Å². The monoisotopic (exact) mass is 395 g/mol. The van der Waals surface area contributed by atoms with Gasteiger partial charge in [0.2, 0.25) is 5.88 Å². The molecule has 1 saturated heterocycles. The molecule has 0 amide bonds. The summed E-state index contributed by atoms with van der Waals surface area (Å²) in [6, 6.07) is 8.64. The van der Waals surface area contributed by atoms with Gasteiger partial charge in [0.1, 0.15) is 11.9 Å². The molecular weight excluding hydrogens is 366 g/mol. The number of aromatic hydroxyl groups is 1. The average Bonchev–Trinajstić information content (AvgIpc) is 2.61. The molecule has 5 N–H and O–H groups in total. The Morgan fingerprint density at radius 2 is 1.86 bits per heavy atom. The molecule has 1 aliphatic heterocycles. The maximum atomic E-state index is 10.4. The molecule has 154 valence electrons. The number of hydrogen-bond donors (Lipinski definition) is 4. The van der Waals surface area contributed by atoms with Crippen LogP contribution in [0.25, 0.3) is 16.8 Å². The number of piperidine rings is 1. The van der Waals surface area contributed by atoms with Crippen LogP contribution in [0.1, 0.15) is 46.1 Å². The fourth-order valence-electron chi connectivity index (χ4n) is 4.16. The highest BCUT2D eigenvalue weighted by Crippen LogP contribution is 2.33. The van der Waals surface area contributed by atoms with Crippen molar-refractivity contribution in [2.45, 2.75) is 57.7 Å². The van der Waals surface area contributed by atoms with E-state index in [-0.39, 0.29) is 22.9 Å². The van der Waals surface area contributed by atoms with E-state index in [9.17, 15) is 5.11 Å². The molecule has 1 aromatic heterocycles. The Hall–Kier alpha value is -2.93. The Labute approximate surface area is 171 Å². The Balaban J connectivity index is 1.76. The van der Waals surface area contributed by atoms with Gasteiger partial charge in [0.05, 0.1) is 5.69 Å². The fraction of sp³-hybridized carbons (Fsp3) is 0.409. The van der Waals surface area contributed by atoms with Crippen molar-refractivity contribution in [3.63, 3.8) is 0 Å². The molecule has 1 aromatic carbocycles. The molecule has 0 bridgehead atoms. The van der Waals surface area contributed by atoms with E-state index in [4.69, 9.17) is 15.9 Å². The molecule has 1 aliphatic rings. The maximum absolute atomic E-state index is 10.4. The topological polar surface area (TPSA) is 117 Å².